The summed E-state index contributed by atoms with van der Waals surface area (Å²) in [6, 6.07) is 8.72. The molecular formula is C13H17N. The van der Waals surface area contributed by atoms with E-state index in [1.807, 2.05) is 0 Å². The lowest BCUT2D eigenvalue weighted by atomic mass is 10.1. The summed E-state index contributed by atoms with van der Waals surface area (Å²) in [5.41, 5.74) is 2.87. The van der Waals surface area contributed by atoms with Crippen LogP contribution < -0.4 is 4.90 Å². The molecule has 1 aromatic carbocycles. The second kappa shape index (κ2) is 4.32. The zero-order valence-electron chi connectivity index (χ0n) is 8.74. The third-order valence-corrected chi connectivity index (χ3v) is 2.64. The number of hydrogen-bond acceptors (Lipinski definition) is 1. The molecule has 1 heteroatoms. The SMILES string of the molecule is CCCc1ccccc1N1C=CCC1. The highest BCUT2D eigenvalue weighted by atomic mass is 15.1. The third-order valence-electron chi connectivity index (χ3n) is 2.64. The standard InChI is InChI=1S/C13H17N/c1-2-7-12-8-3-4-9-13(12)14-10-5-6-11-14/h3-5,8-10H,2,6-7,11H2,1H3. The fourth-order valence-corrected chi connectivity index (χ4v) is 1.96. The van der Waals surface area contributed by atoms with Gasteiger partial charge in [0.05, 0.1) is 0 Å². The molecule has 0 atom stereocenters. The molecule has 0 unspecified atom stereocenters. The van der Waals surface area contributed by atoms with Crippen LogP contribution in [0.3, 0.4) is 0 Å². The van der Waals surface area contributed by atoms with E-state index in [-0.39, 0.29) is 0 Å². The van der Waals surface area contributed by atoms with E-state index in [0.717, 1.165) is 6.54 Å². The van der Waals surface area contributed by atoms with E-state index in [4.69, 9.17) is 0 Å². The molecule has 0 aromatic heterocycles. The Bertz CT molecular complexity index is 328. The molecule has 0 saturated carbocycles. The van der Waals surface area contributed by atoms with Crippen molar-refractivity contribution in [3.8, 4) is 0 Å². The Kier molecular flexibility index (Phi) is 2.87. The van der Waals surface area contributed by atoms with Crippen molar-refractivity contribution in [3.63, 3.8) is 0 Å². The fourth-order valence-electron chi connectivity index (χ4n) is 1.96. The van der Waals surface area contributed by atoms with Crippen molar-refractivity contribution in [1.82, 2.24) is 0 Å². The van der Waals surface area contributed by atoms with Crippen molar-refractivity contribution in [2.24, 2.45) is 0 Å². The highest BCUT2D eigenvalue weighted by Gasteiger charge is 2.09. The smallest absolute Gasteiger partial charge is 0.0438 e. The molecular weight excluding hydrogens is 170 g/mol. The average molecular weight is 187 g/mol. The molecule has 0 aliphatic carbocycles. The number of para-hydroxylation sites is 1. The molecule has 0 amide bonds. The van der Waals surface area contributed by atoms with Crippen LogP contribution in [0.25, 0.3) is 0 Å². The van der Waals surface area contributed by atoms with Gasteiger partial charge >= 0.3 is 0 Å². The molecule has 0 N–H and O–H groups in total. The van der Waals surface area contributed by atoms with E-state index in [2.05, 4.69) is 48.4 Å². The van der Waals surface area contributed by atoms with Crippen molar-refractivity contribution in [1.29, 1.82) is 0 Å². The zero-order valence-corrected chi connectivity index (χ0v) is 8.74. The Labute approximate surface area is 86.1 Å². The average Bonchev–Trinajstić information content (AvgIpc) is 2.72. The minimum absolute atomic E-state index is 1.14. The predicted molar refractivity (Wildman–Crippen MR) is 61.5 cm³/mol. The Morgan fingerprint density at radius 1 is 1.29 bits per heavy atom. The molecule has 0 spiro atoms. The van der Waals surface area contributed by atoms with Crippen LogP contribution in [0.15, 0.2) is 36.5 Å². The second-order valence-corrected chi connectivity index (χ2v) is 3.75. The van der Waals surface area contributed by atoms with Crippen molar-refractivity contribution in [2.75, 3.05) is 11.4 Å². The van der Waals surface area contributed by atoms with Crippen LogP contribution in [0.2, 0.25) is 0 Å². The van der Waals surface area contributed by atoms with Crippen LogP contribution in [0.1, 0.15) is 25.3 Å². The van der Waals surface area contributed by atoms with Gasteiger partial charge in [-0.3, -0.25) is 0 Å². The first-order chi connectivity index (χ1) is 6.92. The van der Waals surface area contributed by atoms with E-state index >= 15 is 0 Å². The third kappa shape index (κ3) is 1.82. The summed E-state index contributed by atoms with van der Waals surface area (Å²) < 4.78 is 0. The summed E-state index contributed by atoms with van der Waals surface area (Å²) in [5, 5.41) is 0. The number of anilines is 1. The van der Waals surface area contributed by atoms with Gasteiger partial charge < -0.3 is 4.90 Å². The van der Waals surface area contributed by atoms with E-state index in [1.165, 1.54) is 30.5 Å². The zero-order chi connectivity index (χ0) is 9.80. The maximum absolute atomic E-state index is 2.35. The fraction of sp³-hybridized carbons (Fsp3) is 0.385. The van der Waals surface area contributed by atoms with Gasteiger partial charge in [-0.25, -0.2) is 0 Å². The lowest BCUT2D eigenvalue weighted by Crippen LogP contribution is -2.14. The summed E-state index contributed by atoms with van der Waals surface area (Å²) in [7, 11) is 0. The highest BCUT2D eigenvalue weighted by molar-refractivity contribution is 5.56. The molecule has 0 radical (unpaired) electrons. The Balaban J connectivity index is 2.26. The maximum atomic E-state index is 2.35. The van der Waals surface area contributed by atoms with E-state index in [9.17, 15) is 0 Å². The second-order valence-electron chi connectivity index (χ2n) is 3.75. The topological polar surface area (TPSA) is 3.24 Å². The van der Waals surface area contributed by atoms with Crippen LogP contribution in [0.5, 0.6) is 0 Å². The lowest BCUT2D eigenvalue weighted by molar-refractivity contribution is 0.904. The molecule has 1 heterocycles. The Morgan fingerprint density at radius 3 is 2.86 bits per heavy atom. The molecule has 0 saturated heterocycles. The summed E-state index contributed by atoms with van der Waals surface area (Å²) in [4.78, 5) is 2.35. The number of benzene rings is 1. The molecule has 0 fully saturated rings. The van der Waals surface area contributed by atoms with Gasteiger partial charge in [-0.2, -0.15) is 0 Å². The summed E-state index contributed by atoms with van der Waals surface area (Å²) in [6.45, 7) is 3.37. The van der Waals surface area contributed by atoms with Gasteiger partial charge in [-0.15, -0.1) is 0 Å². The molecule has 74 valence electrons. The van der Waals surface area contributed by atoms with Gasteiger partial charge in [-0.05, 0) is 24.5 Å². The number of nitrogens with zero attached hydrogens (tertiary/aromatic N) is 1. The van der Waals surface area contributed by atoms with Gasteiger partial charge in [0.25, 0.3) is 0 Å². The normalized spacial score (nSPS) is 15.1. The van der Waals surface area contributed by atoms with E-state index < -0.39 is 0 Å². The molecule has 1 nitrogen and oxygen atoms in total. The van der Waals surface area contributed by atoms with Crippen molar-refractivity contribution in [3.05, 3.63) is 42.1 Å². The first-order valence-corrected chi connectivity index (χ1v) is 5.43. The van der Waals surface area contributed by atoms with Gasteiger partial charge in [0.2, 0.25) is 0 Å². The summed E-state index contributed by atoms with van der Waals surface area (Å²) >= 11 is 0. The quantitative estimate of drug-likeness (QED) is 0.701. The molecule has 1 aliphatic rings. The van der Waals surface area contributed by atoms with Gasteiger partial charge in [-0.1, -0.05) is 37.6 Å². The van der Waals surface area contributed by atoms with Crippen LogP contribution in [0.4, 0.5) is 5.69 Å². The molecule has 1 aromatic rings. The van der Waals surface area contributed by atoms with Gasteiger partial charge in [0, 0.05) is 18.4 Å². The number of aryl methyl sites for hydroxylation is 1. The molecule has 0 bridgehead atoms. The van der Waals surface area contributed by atoms with Crippen molar-refractivity contribution in [2.45, 2.75) is 26.2 Å². The van der Waals surface area contributed by atoms with Crippen molar-refractivity contribution >= 4 is 5.69 Å². The van der Waals surface area contributed by atoms with Gasteiger partial charge in [0.1, 0.15) is 0 Å². The van der Waals surface area contributed by atoms with Crippen LogP contribution in [-0.2, 0) is 6.42 Å². The molecule has 1 aliphatic heterocycles. The van der Waals surface area contributed by atoms with E-state index in [1.54, 1.807) is 0 Å². The van der Waals surface area contributed by atoms with Crippen molar-refractivity contribution < 1.29 is 0 Å². The van der Waals surface area contributed by atoms with E-state index in [0.29, 0.717) is 0 Å². The van der Waals surface area contributed by atoms with Crippen LogP contribution in [0, 0.1) is 0 Å². The Morgan fingerprint density at radius 2 is 2.14 bits per heavy atom. The minimum atomic E-state index is 1.14. The van der Waals surface area contributed by atoms with Crippen LogP contribution in [-0.4, -0.2) is 6.54 Å². The minimum Gasteiger partial charge on any atom is -0.348 e. The summed E-state index contributed by atoms with van der Waals surface area (Å²) in [6.07, 6.45) is 8.02. The summed E-state index contributed by atoms with van der Waals surface area (Å²) in [5.74, 6) is 0. The lowest BCUT2D eigenvalue weighted by Gasteiger charge is -2.19. The predicted octanol–water partition coefficient (Wildman–Crippen LogP) is 3.36. The first-order valence-electron chi connectivity index (χ1n) is 5.43. The number of hydrogen-bond donors (Lipinski definition) is 0. The van der Waals surface area contributed by atoms with Gasteiger partial charge in [0.15, 0.2) is 0 Å². The largest absolute Gasteiger partial charge is 0.348 e. The monoisotopic (exact) mass is 187 g/mol. The Hall–Kier alpha value is -1.24. The number of rotatable bonds is 3. The first kappa shape index (κ1) is 9.32. The maximum Gasteiger partial charge on any atom is 0.0438 e. The molecule has 14 heavy (non-hydrogen) atoms. The highest BCUT2D eigenvalue weighted by Crippen LogP contribution is 2.24. The van der Waals surface area contributed by atoms with Crippen LogP contribution >= 0.6 is 0 Å². The molecule has 2 rings (SSSR count).